The minimum Gasteiger partial charge on any atom is -0.394 e. The third-order valence-corrected chi connectivity index (χ3v) is 2.46. The van der Waals surface area contributed by atoms with E-state index in [0.29, 0.717) is 12.1 Å². The Bertz CT molecular complexity index is 394. The van der Waals surface area contributed by atoms with E-state index >= 15 is 0 Å². The van der Waals surface area contributed by atoms with Crippen LogP contribution in [-0.2, 0) is 6.54 Å². The molecule has 0 unspecified atom stereocenters. The molecule has 0 aromatic heterocycles. The predicted octanol–water partition coefficient (Wildman–Crippen LogP) is -0.169. The fraction of sp³-hybridized carbons (Fsp3) is 0.462. The van der Waals surface area contributed by atoms with Crippen molar-refractivity contribution in [1.82, 2.24) is 10.2 Å². The smallest absolute Gasteiger partial charge is 0.251 e. The number of aliphatic hydroxyl groups excluding tert-OH is 2. The van der Waals surface area contributed by atoms with Gasteiger partial charge in [-0.25, -0.2) is 0 Å². The Hall–Kier alpha value is -1.43. The number of hydrogen-bond acceptors (Lipinski definition) is 4. The maximum absolute atomic E-state index is 11.9. The standard InChI is InChI=1S/C13H20N2O3/c1-15(2)8-10-5-3-4-6-12(10)13(18)14-7-11(17)9-16/h3-6,11,16-17H,7-9H2,1-2H3,(H,14,18)/t11-/m1/s1. The monoisotopic (exact) mass is 252 g/mol. The normalized spacial score (nSPS) is 12.5. The van der Waals surface area contributed by atoms with Gasteiger partial charge in [-0.15, -0.1) is 0 Å². The minimum atomic E-state index is -0.921. The molecule has 0 aliphatic heterocycles. The first kappa shape index (κ1) is 14.6. The maximum atomic E-state index is 11.9. The number of carbonyl (C=O) groups is 1. The molecule has 0 saturated carbocycles. The molecule has 0 aliphatic carbocycles. The predicted molar refractivity (Wildman–Crippen MR) is 69.3 cm³/mol. The van der Waals surface area contributed by atoms with E-state index in [2.05, 4.69) is 5.32 Å². The van der Waals surface area contributed by atoms with Gasteiger partial charge >= 0.3 is 0 Å². The van der Waals surface area contributed by atoms with E-state index in [1.807, 2.05) is 31.1 Å². The molecular formula is C13H20N2O3. The van der Waals surface area contributed by atoms with E-state index in [-0.39, 0.29) is 19.1 Å². The van der Waals surface area contributed by atoms with E-state index in [0.717, 1.165) is 5.56 Å². The van der Waals surface area contributed by atoms with Gasteiger partial charge in [-0.1, -0.05) is 18.2 Å². The summed E-state index contributed by atoms with van der Waals surface area (Å²) in [6.45, 7) is 0.359. The van der Waals surface area contributed by atoms with Crippen LogP contribution in [0.15, 0.2) is 24.3 Å². The van der Waals surface area contributed by atoms with Crippen LogP contribution >= 0.6 is 0 Å². The van der Waals surface area contributed by atoms with Crippen molar-refractivity contribution < 1.29 is 15.0 Å². The zero-order chi connectivity index (χ0) is 13.5. The average Bonchev–Trinajstić information content (AvgIpc) is 2.35. The van der Waals surface area contributed by atoms with E-state index in [1.165, 1.54) is 0 Å². The fourth-order valence-electron chi connectivity index (χ4n) is 1.59. The van der Waals surface area contributed by atoms with Crippen molar-refractivity contribution in [1.29, 1.82) is 0 Å². The molecule has 100 valence electrons. The molecule has 0 radical (unpaired) electrons. The maximum Gasteiger partial charge on any atom is 0.251 e. The van der Waals surface area contributed by atoms with Crippen LogP contribution in [-0.4, -0.2) is 54.4 Å². The Morgan fingerprint density at radius 1 is 1.39 bits per heavy atom. The summed E-state index contributed by atoms with van der Waals surface area (Å²) in [5.74, 6) is -0.236. The zero-order valence-corrected chi connectivity index (χ0v) is 10.8. The number of rotatable bonds is 6. The lowest BCUT2D eigenvalue weighted by Crippen LogP contribution is -2.34. The van der Waals surface area contributed by atoms with E-state index < -0.39 is 6.10 Å². The van der Waals surface area contributed by atoms with Crippen molar-refractivity contribution in [3.8, 4) is 0 Å². The van der Waals surface area contributed by atoms with Crippen molar-refractivity contribution in [2.45, 2.75) is 12.6 Å². The quantitative estimate of drug-likeness (QED) is 0.657. The Balaban J connectivity index is 2.72. The van der Waals surface area contributed by atoms with Gasteiger partial charge in [0.1, 0.15) is 0 Å². The van der Waals surface area contributed by atoms with Gasteiger partial charge in [0.25, 0.3) is 5.91 Å². The molecule has 1 rings (SSSR count). The first-order valence-corrected chi connectivity index (χ1v) is 5.84. The Kier molecular flexibility index (Phi) is 5.77. The van der Waals surface area contributed by atoms with E-state index in [1.54, 1.807) is 12.1 Å². The first-order chi connectivity index (χ1) is 8.54. The van der Waals surface area contributed by atoms with Crippen molar-refractivity contribution in [2.75, 3.05) is 27.2 Å². The molecule has 0 heterocycles. The van der Waals surface area contributed by atoms with Gasteiger partial charge in [0.15, 0.2) is 0 Å². The molecule has 3 N–H and O–H groups in total. The summed E-state index contributed by atoms with van der Waals surface area (Å²) in [6.07, 6.45) is -0.921. The highest BCUT2D eigenvalue weighted by Gasteiger charge is 2.12. The Morgan fingerprint density at radius 2 is 2.06 bits per heavy atom. The number of benzene rings is 1. The second-order valence-electron chi connectivity index (χ2n) is 4.44. The summed E-state index contributed by atoms with van der Waals surface area (Å²) in [4.78, 5) is 13.9. The molecule has 1 atom stereocenters. The summed E-state index contributed by atoms with van der Waals surface area (Å²) in [6, 6.07) is 7.34. The summed E-state index contributed by atoms with van der Waals surface area (Å²) < 4.78 is 0. The fourth-order valence-corrected chi connectivity index (χ4v) is 1.59. The van der Waals surface area contributed by atoms with Crippen LogP contribution in [0.2, 0.25) is 0 Å². The lowest BCUT2D eigenvalue weighted by atomic mass is 10.1. The number of carbonyl (C=O) groups excluding carboxylic acids is 1. The molecule has 0 spiro atoms. The number of nitrogens with one attached hydrogen (secondary N) is 1. The largest absolute Gasteiger partial charge is 0.394 e. The molecule has 5 nitrogen and oxygen atoms in total. The lowest BCUT2D eigenvalue weighted by Gasteiger charge is -2.14. The van der Waals surface area contributed by atoms with Crippen LogP contribution in [0.3, 0.4) is 0 Å². The highest BCUT2D eigenvalue weighted by molar-refractivity contribution is 5.95. The molecule has 1 aromatic carbocycles. The van der Waals surface area contributed by atoms with Crippen LogP contribution in [0.4, 0.5) is 0 Å². The first-order valence-electron chi connectivity index (χ1n) is 5.84. The third-order valence-electron chi connectivity index (χ3n) is 2.46. The van der Waals surface area contributed by atoms with Crippen LogP contribution in [0.5, 0.6) is 0 Å². The van der Waals surface area contributed by atoms with Gasteiger partial charge in [-0.05, 0) is 25.7 Å². The molecule has 0 bridgehead atoms. The molecule has 1 amide bonds. The highest BCUT2D eigenvalue weighted by atomic mass is 16.3. The summed E-state index contributed by atoms with van der Waals surface area (Å²) in [5.41, 5.74) is 1.52. The van der Waals surface area contributed by atoms with Gasteiger partial charge in [0.05, 0.1) is 12.7 Å². The third kappa shape index (κ3) is 4.44. The summed E-state index contributed by atoms with van der Waals surface area (Å²) in [7, 11) is 3.87. The Morgan fingerprint density at radius 3 is 2.67 bits per heavy atom. The molecule has 0 aliphatic rings. The number of aliphatic hydroxyl groups is 2. The number of nitrogens with zero attached hydrogens (tertiary/aromatic N) is 1. The number of amides is 1. The van der Waals surface area contributed by atoms with Gasteiger partial charge in [-0.3, -0.25) is 4.79 Å². The van der Waals surface area contributed by atoms with Crippen molar-refractivity contribution in [3.05, 3.63) is 35.4 Å². The van der Waals surface area contributed by atoms with E-state index in [4.69, 9.17) is 5.11 Å². The molecule has 1 aromatic rings. The van der Waals surface area contributed by atoms with Crippen molar-refractivity contribution >= 4 is 5.91 Å². The molecule has 18 heavy (non-hydrogen) atoms. The second-order valence-corrected chi connectivity index (χ2v) is 4.44. The van der Waals surface area contributed by atoms with Gasteiger partial charge in [0, 0.05) is 18.7 Å². The van der Waals surface area contributed by atoms with Crippen LogP contribution in [0.1, 0.15) is 15.9 Å². The molecule has 0 saturated heterocycles. The van der Waals surface area contributed by atoms with Crippen LogP contribution < -0.4 is 5.32 Å². The van der Waals surface area contributed by atoms with Crippen molar-refractivity contribution in [3.63, 3.8) is 0 Å². The number of hydrogen-bond donors (Lipinski definition) is 3. The van der Waals surface area contributed by atoms with Gasteiger partial charge in [0.2, 0.25) is 0 Å². The topological polar surface area (TPSA) is 72.8 Å². The Labute approximate surface area is 107 Å². The van der Waals surface area contributed by atoms with E-state index in [9.17, 15) is 9.90 Å². The van der Waals surface area contributed by atoms with Crippen LogP contribution in [0, 0.1) is 0 Å². The van der Waals surface area contributed by atoms with Crippen LogP contribution in [0.25, 0.3) is 0 Å². The van der Waals surface area contributed by atoms with Gasteiger partial charge in [-0.2, -0.15) is 0 Å². The van der Waals surface area contributed by atoms with Crippen molar-refractivity contribution in [2.24, 2.45) is 0 Å². The van der Waals surface area contributed by atoms with Gasteiger partial charge < -0.3 is 20.4 Å². The summed E-state index contributed by atoms with van der Waals surface area (Å²) in [5, 5.41) is 20.5. The molecule has 5 heteroatoms. The zero-order valence-electron chi connectivity index (χ0n) is 10.8. The molecular weight excluding hydrogens is 232 g/mol. The SMILES string of the molecule is CN(C)Cc1ccccc1C(=O)NC[C@@H](O)CO. The highest BCUT2D eigenvalue weighted by Crippen LogP contribution is 2.10. The molecule has 0 fully saturated rings. The average molecular weight is 252 g/mol. The summed E-state index contributed by atoms with van der Waals surface area (Å²) >= 11 is 0. The lowest BCUT2D eigenvalue weighted by molar-refractivity contribution is 0.0801. The second kappa shape index (κ2) is 7.10. The minimum absolute atomic E-state index is 0.0473.